The molecule has 2 aromatic rings. The fourth-order valence-corrected chi connectivity index (χ4v) is 3.48. The van der Waals surface area contributed by atoms with E-state index in [0.29, 0.717) is 13.0 Å². The van der Waals surface area contributed by atoms with Crippen molar-refractivity contribution >= 4 is 22.6 Å². The number of nitrogens with zero attached hydrogens (tertiary/aromatic N) is 3. The van der Waals surface area contributed by atoms with E-state index in [1.807, 2.05) is 29.2 Å². The molecule has 23 heavy (non-hydrogen) atoms. The molecule has 0 saturated carbocycles. The minimum atomic E-state index is -0.726. The predicted molar refractivity (Wildman–Crippen MR) is 88.3 cm³/mol. The van der Waals surface area contributed by atoms with E-state index in [-0.39, 0.29) is 5.92 Å². The number of carboxylic acids is 1. The summed E-state index contributed by atoms with van der Waals surface area (Å²) < 4.78 is 9.64. The average molecular weight is 333 g/mol. The van der Waals surface area contributed by atoms with Gasteiger partial charge in [-0.15, -0.1) is 0 Å². The number of aromatic nitrogens is 2. The molecule has 1 aliphatic rings. The summed E-state index contributed by atoms with van der Waals surface area (Å²) in [5.74, 6) is 0.541. The Kier molecular flexibility index (Phi) is 4.76. The number of aliphatic carboxylic acids is 1. The molecular weight excluding hydrogens is 314 g/mol. The molecule has 3 rings (SSSR count). The summed E-state index contributed by atoms with van der Waals surface area (Å²) in [7, 11) is 1.65. The average Bonchev–Trinajstić information content (AvgIpc) is 3.03. The van der Waals surface area contributed by atoms with Crippen LogP contribution in [0.5, 0.6) is 5.75 Å². The van der Waals surface area contributed by atoms with Crippen molar-refractivity contribution < 1.29 is 14.6 Å². The summed E-state index contributed by atoms with van der Waals surface area (Å²) in [4.78, 5) is 17.8. The number of piperidine rings is 1. The number of carbonyl (C=O) groups is 1. The van der Waals surface area contributed by atoms with Gasteiger partial charge < -0.3 is 14.7 Å². The number of benzene rings is 1. The zero-order chi connectivity index (χ0) is 16.2. The zero-order valence-corrected chi connectivity index (χ0v) is 13.8. The van der Waals surface area contributed by atoms with Crippen LogP contribution in [0.15, 0.2) is 24.3 Å². The van der Waals surface area contributed by atoms with Crippen molar-refractivity contribution in [2.45, 2.75) is 19.3 Å². The minimum absolute atomic E-state index is 0.311. The molecule has 1 N–H and O–H groups in total. The smallest absolute Gasteiger partial charge is 0.308 e. The molecule has 1 aromatic heterocycles. The third-order valence-electron chi connectivity index (χ3n) is 3.99. The molecule has 1 atom stereocenters. The molecule has 0 radical (unpaired) electrons. The molecule has 0 amide bonds. The topological polar surface area (TPSA) is 75.5 Å². The Morgan fingerprint density at radius 1 is 1.52 bits per heavy atom. The van der Waals surface area contributed by atoms with Gasteiger partial charge in [0.1, 0.15) is 11.6 Å². The second-order valence-electron chi connectivity index (χ2n) is 5.64. The maximum atomic E-state index is 11.2. The SMILES string of the molecule is COc1cccc(Cc2nsc(N3CCC[C@@H](C(=O)O)C3)n2)c1. The fraction of sp³-hybridized carbons (Fsp3) is 0.438. The van der Waals surface area contributed by atoms with Crippen LogP contribution in [0.2, 0.25) is 0 Å². The molecular formula is C16H19N3O3S. The lowest BCUT2D eigenvalue weighted by Gasteiger charge is -2.29. The monoisotopic (exact) mass is 333 g/mol. The van der Waals surface area contributed by atoms with Gasteiger partial charge in [0.25, 0.3) is 0 Å². The largest absolute Gasteiger partial charge is 0.497 e. The van der Waals surface area contributed by atoms with Crippen molar-refractivity contribution in [2.75, 3.05) is 25.1 Å². The van der Waals surface area contributed by atoms with Gasteiger partial charge in [0.2, 0.25) is 5.13 Å². The second kappa shape index (κ2) is 6.95. The van der Waals surface area contributed by atoms with E-state index in [0.717, 1.165) is 41.7 Å². The fourth-order valence-electron chi connectivity index (χ4n) is 2.76. The lowest BCUT2D eigenvalue weighted by Crippen LogP contribution is -2.38. The molecule has 1 aliphatic heterocycles. The van der Waals surface area contributed by atoms with Gasteiger partial charge in [-0.3, -0.25) is 4.79 Å². The van der Waals surface area contributed by atoms with Gasteiger partial charge in [0.05, 0.1) is 13.0 Å². The highest BCUT2D eigenvalue weighted by Gasteiger charge is 2.27. The van der Waals surface area contributed by atoms with Crippen molar-refractivity contribution in [3.63, 3.8) is 0 Å². The summed E-state index contributed by atoms with van der Waals surface area (Å²) >= 11 is 1.34. The van der Waals surface area contributed by atoms with E-state index < -0.39 is 5.97 Å². The first-order valence-corrected chi connectivity index (χ1v) is 8.36. The first kappa shape index (κ1) is 15.7. The van der Waals surface area contributed by atoms with Crippen LogP contribution < -0.4 is 9.64 Å². The Morgan fingerprint density at radius 2 is 2.39 bits per heavy atom. The normalized spacial score (nSPS) is 18.0. The standard InChI is InChI=1S/C16H19N3O3S/c1-22-13-6-2-4-11(8-13)9-14-17-16(23-18-14)19-7-3-5-12(10-19)15(20)21/h2,4,6,8,12H,3,5,7,9-10H2,1H3,(H,20,21)/t12-/m1/s1. The zero-order valence-electron chi connectivity index (χ0n) is 12.9. The summed E-state index contributed by atoms with van der Waals surface area (Å²) in [6.45, 7) is 1.36. The molecule has 2 heterocycles. The van der Waals surface area contributed by atoms with Gasteiger partial charge in [-0.1, -0.05) is 12.1 Å². The first-order valence-electron chi connectivity index (χ1n) is 7.59. The number of rotatable bonds is 5. The Bertz CT molecular complexity index is 689. The van der Waals surface area contributed by atoms with E-state index in [2.05, 4.69) is 9.36 Å². The molecule has 7 heteroatoms. The predicted octanol–water partition coefficient (Wildman–Crippen LogP) is 2.44. The van der Waals surface area contributed by atoms with Crippen molar-refractivity contribution in [1.29, 1.82) is 0 Å². The lowest BCUT2D eigenvalue weighted by molar-refractivity contribution is -0.141. The molecule has 6 nitrogen and oxygen atoms in total. The first-order chi connectivity index (χ1) is 11.2. The number of ether oxygens (including phenoxy) is 1. The van der Waals surface area contributed by atoms with Crippen molar-refractivity contribution in [3.05, 3.63) is 35.7 Å². The molecule has 0 unspecified atom stereocenters. The van der Waals surface area contributed by atoms with E-state index in [9.17, 15) is 9.90 Å². The van der Waals surface area contributed by atoms with Crippen LogP contribution >= 0.6 is 11.5 Å². The molecule has 1 saturated heterocycles. The molecule has 0 spiro atoms. The van der Waals surface area contributed by atoms with Crippen LogP contribution in [0.4, 0.5) is 5.13 Å². The van der Waals surface area contributed by atoms with E-state index >= 15 is 0 Å². The second-order valence-corrected chi connectivity index (χ2v) is 6.38. The van der Waals surface area contributed by atoms with E-state index in [1.54, 1.807) is 7.11 Å². The number of methoxy groups -OCH3 is 1. The third kappa shape index (κ3) is 3.79. The Hall–Kier alpha value is -2.15. The summed E-state index contributed by atoms with van der Waals surface area (Å²) in [5, 5.41) is 9.99. The van der Waals surface area contributed by atoms with Crippen molar-refractivity contribution in [2.24, 2.45) is 5.92 Å². The van der Waals surface area contributed by atoms with Crippen molar-refractivity contribution in [3.8, 4) is 5.75 Å². The highest BCUT2D eigenvalue weighted by molar-refractivity contribution is 7.09. The van der Waals surface area contributed by atoms with Crippen LogP contribution in [-0.2, 0) is 11.2 Å². The van der Waals surface area contributed by atoms with Crippen molar-refractivity contribution in [1.82, 2.24) is 9.36 Å². The highest BCUT2D eigenvalue weighted by Crippen LogP contribution is 2.25. The minimum Gasteiger partial charge on any atom is -0.497 e. The summed E-state index contributed by atoms with van der Waals surface area (Å²) in [6, 6.07) is 7.85. The van der Waals surface area contributed by atoms with Gasteiger partial charge >= 0.3 is 5.97 Å². The van der Waals surface area contributed by atoms with Gasteiger partial charge in [-0.2, -0.15) is 4.37 Å². The van der Waals surface area contributed by atoms with Crippen LogP contribution in [0, 0.1) is 5.92 Å². The highest BCUT2D eigenvalue weighted by atomic mass is 32.1. The van der Waals surface area contributed by atoms with Crippen LogP contribution in [0.25, 0.3) is 0 Å². The number of hydrogen-bond acceptors (Lipinski definition) is 6. The Balaban J connectivity index is 1.69. The summed E-state index contributed by atoms with van der Waals surface area (Å²) in [6.07, 6.45) is 2.26. The number of anilines is 1. The molecule has 122 valence electrons. The van der Waals surface area contributed by atoms with Gasteiger partial charge in [-0.05, 0) is 30.5 Å². The molecule has 0 bridgehead atoms. The van der Waals surface area contributed by atoms with Gasteiger partial charge in [0.15, 0.2) is 0 Å². The summed E-state index contributed by atoms with van der Waals surface area (Å²) in [5.41, 5.74) is 1.09. The molecule has 0 aliphatic carbocycles. The lowest BCUT2D eigenvalue weighted by atomic mass is 9.99. The van der Waals surface area contributed by atoms with Gasteiger partial charge in [0, 0.05) is 31.0 Å². The van der Waals surface area contributed by atoms with E-state index in [4.69, 9.17) is 4.74 Å². The Labute approximate surface area is 138 Å². The number of carboxylic acid groups (broad SMARTS) is 1. The van der Waals surface area contributed by atoms with Crippen LogP contribution in [0.1, 0.15) is 24.2 Å². The van der Waals surface area contributed by atoms with E-state index in [1.165, 1.54) is 11.5 Å². The maximum Gasteiger partial charge on any atom is 0.308 e. The molecule has 1 aromatic carbocycles. The third-order valence-corrected chi connectivity index (χ3v) is 4.81. The Morgan fingerprint density at radius 3 is 3.17 bits per heavy atom. The quantitative estimate of drug-likeness (QED) is 0.906. The van der Waals surface area contributed by atoms with Crippen LogP contribution in [0.3, 0.4) is 0 Å². The maximum absolute atomic E-state index is 11.2. The van der Waals surface area contributed by atoms with Gasteiger partial charge in [-0.25, -0.2) is 4.98 Å². The molecule has 1 fully saturated rings. The van der Waals surface area contributed by atoms with Crippen LogP contribution in [-0.4, -0.2) is 40.6 Å². The number of hydrogen-bond donors (Lipinski definition) is 1.